The molecule has 1 aromatic heterocycles. The third-order valence-corrected chi connectivity index (χ3v) is 5.20. The molecule has 2 aliphatic rings. The Bertz CT molecular complexity index is 506. The molecular formula is C18H27N3O. The van der Waals surface area contributed by atoms with E-state index in [0.29, 0.717) is 5.92 Å². The molecule has 0 unspecified atom stereocenters. The van der Waals surface area contributed by atoms with E-state index >= 15 is 0 Å². The lowest BCUT2D eigenvalue weighted by Crippen LogP contribution is -2.37. The van der Waals surface area contributed by atoms with Crippen molar-refractivity contribution in [2.45, 2.75) is 45.4 Å². The van der Waals surface area contributed by atoms with Gasteiger partial charge >= 0.3 is 0 Å². The van der Waals surface area contributed by atoms with Crippen molar-refractivity contribution in [1.29, 1.82) is 0 Å². The lowest BCUT2D eigenvalue weighted by Gasteiger charge is -2.33. The van der Waals surface area contributed by atoms with Gasteiger partial charge in [-0.05, 0) is 43.7 Å². The van der Waals surface area contributed by atoms with Crippen LogP contribution in [0, 0.1) is 5.92 Å². The zero-order chi connectivity index (χ0) is 15.5. The molecule has 1 aromatic rings. The first kappa shape index (κ1) is 15.3. The minimum absolute atomic E-state index is 0.184. The number of rotatable bonds is 2. The Morgan fingerprint density at radius 2 is 1.95 bits per heavy atom. The molecule has 0 aromatic carbocycles. The molecule has 0 radical (unpaired) electrons. The fourth-order valence-corrected chi connectivity index (χ4v) is 3.60. The summed E-state index contributed by atoms with van der Waals surface area (Å²) in [5.74, 6) is 1.43. The highest BCUT2D eigenvalue weighted by Crippen LogP contribution is 2.28. The van der Waals surface area contributed by atoms with Crippen molar-refractivity contribution >= 4 is 11.6 Å². The van der Waals surface area contributed by atoms with Gasteiger partial charge in [0.25, 0.3) is 0 Å². The molecule has 3 heterocycles. The molecule has 0 bridgehead atoms. The molecule has 3 rings (SSSR count). The molecule has 22 heavy (non-hydrogen) atoms. The first-order chi connectivity index (χ1) is 10.6. The summed E-state index contributed by atoms with van der Waals surface area (Å²) in [6.45, 7) is 8.01. The van der Waals surface area contributed by atoms with E-state index in [9.17, 15) is 4.79 Å². The molecule has 4 heteroatoms. The SMILES string of the molecule is CC(=O)N1CCC[C@@H](c2ccc(N3CCC(C)CC3)cn2)C1. The Labute approximate surface area is 133 Å². The van der Waals surface area contributed by atoms with E-state index in [1.807, 2.05) is 11.1 Å². The summed E-state index contributed by atoms with van der Waals surface area (Å²) < 4.78 is 0. The third kappa shape index (κ3) is 3.42. The fourth-order valence-electron chi connectivity index (χ4n) is 3.60. The highest BCUT2D eigenvalue weighted by molar-refractivity contribution is 5.73. The summed E-state index contributed by atoms with van der Waals surface area (Å²) in [6.07, 6.45) is 6.79. The zero-order valence-corrected chi connectivity index (χ0v) is 13.8. The average Bonchev–Trinajstić information content (AvgIpc) is 2.56. The summed E-state index contributed by atoms with van der Waals surface area (Å²) >= 11 is 0. The highest BCUT2D eigenvalue weighted by Gasteiger charge is 2.24. The molecule has 4 nitrogen and oxygen atoms in total. The second-order valence-electron chi connectivity index (χ2n) is 6.92. The summed E-state index contributed by atoms with van der Waals surface area (Å²) in [5.41, 5.74) is 2.38. The van der Waals surface area contributed by atoms with Crippen molar-refractivity contribution in [2.24, 2.45) is 5.92 Å². The topological polar surface area (TPSA) is 36.4 Å². The van der Waals surface area contributed by atoms with Gasteiger partial charge in [-0.15, -0.1) is 0 Å². The van der Waals surface area contributed by atoms with Crippen molar-refractivity contribution < 1.29 is 4.79 Å². The van der Waals surface area contributed by atoms with Gasteiger partial charge in [0.2, 0.25) is 5.91 Å². The van der Waals surface area contributed by atoms with Gasteiger partial charge in [-0.25, -0.2) is 0 Å². The van der Waals surface area contributed by atoms with Crippen LogP contribution in [0.25, 0.3) is 0 Å². The summed E-state index contributed by atoms with van der Waals surface area (Å²) in [7, 11) is 0. The van der Waals surface area contributed by atoms with Crippen LogP contribution in [-0.2, 0) is 4.79 Å². The van der Waals surface area contributed by atoms with Crippen LogP contribution >= 0.6 is 0 Å². The number of carbonyl (C=O) groups is 1. The minimum atomic E-state index is 0.184. The van der Waals surface area contributed by atoms with Gasteiger partial charge in [0.1, 0.15) is 0 Å². The first-order valence-corrected chi connectivity index (χ1v) is 8.60. The highest BCUT2D eigenvalue weighted by atomic mass is 16.2. The van der Waals surface area contributed by atoms with E-state index in [1.165, 1.54) is 18.5 Å². The van der Waals surface area contributed by atoms with E-state index < -0.39 is 0 Å². The molecular weight excluding hydrogens is 274 g/mol. The molecule has 120 valence electrons. The van der Waals surface area contributed by atoms with Crippen LogP contribution in [0.5, 0.6) is 0 Å². The number of anilines is 1. The Morgan fingerprint density at radius 1 is 1.18 bits per heavy atom. The second-order valence-corrected chi connectivity index (χ2v) is 6.92. The average molecular weight is 301 g/mol. The quantitative estimate of drug-likeness (QED) is 0.842. The number of likely N-dealkylation sites (tertiary alicyclic amines) is 1. The van der Waals surface area contributed by atoms with Gasteiger partial charge in [-0.3, -0.25) is 9.78 Å². The van der Waals surface area contributed by atoms with Gasteiger partial charge in [-0.2, -0.15) is 0 Å². The van der Waals surface area contributed by atoms with Gasteiger partial charge in [0.05, 0.1) is 11.9 Å². The third-order valence-electron chi connectivity index (χ3n) is 5.20. The monoisotopic (exact) mass is 301 g/mol. The van der Waals surface area contributed by atoms with Crippen LogP contribution in [0.4, 0.5) is 5.69 Å². The molecule has 2 aliphatic heterocycles. The Hall–Kier alpha value is -1.58. The predicted molar refractivity (Wildman–Crippen MR) is 89.1 cm³/mol. The molecule has 0 spiro atoms. The number of aromatic nitrogens is 1. The lowest BCUT2D eigenvalue weighted by molar-refractivity contribution is -0.130. The van der Waals surface area contributed by atoms with Crippen LogP contribution in [0.1, 0.15) is 51.1 Å². The van der Waals surface area contributed by atoms with Crippen LogP contribution in [0.15, 0.2) is 18.3 Å². The molecule has 1 atom stereocenters. The van der Waals surface area contributed by atoms with Gasteiger partial charge in [0, 0.05) is 44.7 Å². The lowest BCUT2D eigenvalue weighted by atomic mass is 9.94. The minimum Gasteiger partial charge on any atom is -0.370 e. The molecule has 0 aliphatic carbocycles. The van der Waals surface area contributed by atoms with E-state index in [1.54, 1.807) is 6.92 Å². The maximum absolute atomic E-state index is 11.6. The van der Waals surface area contributed by atoms with Gasteiger partial charge in [-0.1, -0.05) is 6.92 Å². The first-order valence-electron chi connectivity index (χ1n) is 8.60. The van der Waals surface area contributed by atoms with E-state index in [0.717, 1.165) is 50.6 Å². The summed E-state index contributed by atoms with van der Waals surface area (Å²) in [4.78, 5) is 20.7. The van der Waals surface area contributed by atoms with Crippen LogP contribution < -0.4 is 4.90 Å². The number of amides is 1. The number of carbonyl (C=O) groups excluding carboxylic acids is 1. The van der Waals surface area contributed by atoms with E-state index in [-0.39, 0.29) is 5.91 Å². The van der Waals surface area contributed by atoms with Crippen molar-refractivity contribution in [3.8, 4) is 0 Å². The molecule has 0 saturated carbocycles. The standard InChI is InChI=1S/C18H27N3O/c1-14-7-10-20(11-8-14)17-5-6-18(19-12-17)16-4-3-9-21(13-16)15(2)22/h5-6,12,14,16H,3-4,7-11,13H2,1-2H3/t16-/m1/s1. The van der Waals surface area contributed by atoms with Crippen LogP contribution in [0.3, 0.4) is 0 Å². The Kier molecular flexibility index (Phi) is 4.65. The van der Waals surface area contributed by atoms with E-state index in [2.05, 4.69) is 24.0 Å². The number of piperidine rings is 2. The van der Waals surface area contributed by atoms with Gasteiger partial charge < -0.3 is 9.80 Å². The van der Waals surface area contributed by atoms with Crippen molar-refractivity contribution in [2.75, 3.05) is 31.1 Å². The van der Waals surface area contributed by atoms with Crippen LogP contribution in [-0.4, -0.2) is 42.0 Å². The van der Waals surface area contributed by atoms with E-state index in [4.69, 9.17) is 4.98 Å². The molecule has 1 amide bonds. The molecule has 2 saturated heterocycles. The second kappa shape index (κ2) is 6.67. The number of nitrogens with zero attached hydrogens (tertiary/aromatic N) is 3. The fraction of sp³-hybridized carbons (Fsp3) is 0.667. The number of pyridine rings is 1. The predicted octanol–water partition coefficient (Wildman–Crippen LogP) is 3.04. The van der Waals surface area contributed by atoms with Crippen molar-refractivity contribution in [3.63, 3.8) is 0 Å². The Balaban J connectivity index is 1.65. The Morgan fingerprint density at radius 3 is 2.59 bits per heavy atom. The maximum Gasteiger partial charge on any atom is 0.219 e. The largest absolute Gasteiger partial charge is 0.370 e. The number of hydrogen-bond acceptors (Lipinski definition) is 3. The molecule has 0 N–H and O–H groups in total. The maximum atomic E-state index is 11.6. The summed E-state index contributed by atoms with van der Waals surface area (Å²) in [6, 6.07) is 4.38. The smallest absolute Gasteiger partial charge is 0.219 e. The van der Waals surface area contributed by atoms with Crippen LogP contribution in [0.2, 0.25) is 0 Å². The molecule has 2 fully saturated rings. The van der Waals surface area contributed by atoms with Crippen molar-refractivity contribution in [3.05, 3.63) is 24.0 Å². The van der Waals surface area contributed by atoms with Crippen molar-refractivity contribution in [1.82, 2.24) is 9.88 Å². The summed E-state index contributed by atoms with van der Waals surface area (Å²) in [5, 5.41) is 0. The number of hydrogen-bond donors (Lipinski definition) is 0. The van der Waals surface area contributed by atoms with Gasteiger partial charge in [0.15, 0.2) is 0 Å². The zero-order valence-electron chi connectivity index (χ0n) is 13.8. The normalized spacial score (nSPS) is 23.6.